The van der Waals surface area contributed by atoms with Gasteiger partial charge in [-0.1, -0.05) is 23.9 Å². The summed E-state index contributed by atoms with van der Waals surface area (Å²) in [6.45, 7) is 3.73. The number of hydrogen-bond acceptors (Lipinski definition) is 6. The number of nitrogens with zero attached hydrogens (tertiary/aromatic N) is 1. The molecule has 150 valence electrons. The van der Waals surface area contributed by atoms with Crippen LogP contribution in [-0.2, 0) is 0 Å². The first-order valence-corrected chi connectivity index (χ1v) is 10.2. The van der Waals surface area contributed by atoms with E-state index in [1.165, 1.54) is 0 Å². The van der Waals surface area contributed by atoms with E-state index in [-0.39, 0.29) is 12.4 Å². The first-order valence-electron chi connectivity index (χ1n) is 9.35. The molecule has 0 saturated carbocycles. The molecular weight excluding hydrogens is 394 g/mol. The van der Waals surface area contributed by atoms with Crippen LogP contribution in [-0.4, -0.2) is 43.0 Å². The van der Waals surface area contributed by atoms with Crippen molar-refractivity contribution in [1.29, 1.82) is 0 Å². The Hall–Kier alpha value is -1.93. The fourth-order valence-electron chi connectivity index (χ4n) is 3.70. The van der Waals surface area contributed by atoms with Crippen LogP contribution in [0.2, 0.25) is 0 Å². The molecule has 28 heavy (non-hydrogen) atoms. The van der Waals surface area contributed by atoms with Gasteiger partial charge in [-0.05, 0) is 37.1 Å². The highest BCUT2D eigenvalue weighted by molar-refractivity contribution is 7.99. The monoisotopic (exact) mass is 419 g/mol. The Balaban J connectivity index is 0.00000225. The molecule has 0 spiro atoms. The van der Waals surface area contributed by atoms with Crippen molar-refractivity contribution >= 4 is 47.1 Å². The molecule has 1 saturated heterocycles. The molecule has 1 fully saturated rings. The highest BCUT2D eigenvalue weighted by atomic mass is 35.5. The Morgan fingerprint density at radius 2 is 1.96 bits per heavy atom. The number of anilines is 3. The summed E-state index contributed by atoms with van der Waals surface area (Å²) >= 11 is 1.66. The average Bonchev–Trinajstić information content (AvgIpc) is 2.68. The molecular formula is C20H26ClN5OS. The normalized spacial score (nSPS) is 16.3. The molecule has 6 nitrogen and oxygen atoms in total. The van der Waals surface area contributed by atoms with Gasteiger partial charge in [0.25, 0.3) is 0 Å². The molecule has 8 heteroatoms. The summed E-state index contributed by atoms with van der Waals surface area (Å²) in [7, 11) is 0. The first kappa shape index (κ1) is 20.8. The van der Waals surface area contributed by atoms with Gasteiger partial charge in [0.05, 0.1) is 17.1 Å². The number of primary amides is 1. The van der Waals surface area contributed by atoms with Gasteiger partial charge < -0.3 is 27.0 Å². The molecule has 0 aliphatic carbocycles. The topological polar surface area (TPSA) is 96.4 Å². The zero-order chi connectivity index (χ0) is 18.8. The lowest BCUT2D eigenvalue weighted by molar-refractivity contribution is 0.1000. The van der Waals surface area contributed by atoms with Crippen LogP contribution in [0.4, 0.5) is 17.1 Å². The Morgan fingerprint density at radius 3 is 2.68 bits per heavy atom. The van der Waals surface area contributed by atoms with E-state index in [0.717, 1.165) is 59.3 Å². The minimum atomic E-state index is -0.405. The molecule has 2 heterocycles. The third-order valence-corrected chi connectivity index (χ3v) is 6.26. The maximum atomic E-state index is 11.8. The minimum Gasteiger partial charge on any atom is -0.380 e. The van der Waals surface area contributed by atoms with Crippen molar-refractivity contribution in [2.75, 3.05) is 36.8 Å². The van der Waals surface area contributed by atoms with Gasteiger partial charge in [0.15, 0.2) is 0 Å². The van der Waals surface area contributed by atoms with E-state index in [9.17, 15) is 4.79 Å². The predicted octanol–water partition coefficient (Wildman–Crippen LogP) is 3.25. The van der Waals surface area contributed by atoms with E-state index < -0.39 is 5.91 Å². The van der Waals surface area contributed by atoms with Crippen LogP contribution in [0.25, 0.3) is 0 Å². The van der Waals surface area contributed by atoms with E-state index in [1.54, 1.807) is 11.8 Å². The molecule has 0 aromatic heterocycles. The van der Waals surface area contributed by atoms with Gasteiger partial charge in [0.2, 0.25) is 5.91 Å². The lowest BCUT2D eigenvalue weighted by atomic mass is 10.0. The van der Waals surface area contributed by atoms with Gasteiger partial charge in [0.1, 0.15) is 0 Å². The van der Waals surface area contributed by atoms with Crippen LogP contribution in [0.1, 0.15) is 23.2 Å². The third kappa shape index (κ3) is 4.38. The second kappa shape index (κ2) is 9.05. The average molecular weight is 420 g/mol. The summed E-state index contributed by atoms with van der Waals surface area (Å²) in [4.78, 5) is 16.4. The fraction of sp³-hybridized carbons (Fsp3) is 0.350. The highest BCUT2D eigenvalue weighted by Crippen LogP contribution is 2.47. The summed E-state index contributed by atoms with van der Waals surface area (Å²) < 4.78 is 0. The number of amides is 1. The Bertz CT molecular complexity index is 854. The summed E-state index contributed by atoms with van der Waals surface area (Å²) in [5.41, 5.74) is 14.8. The van der Waals surface area contributed by atoms with E-state index in [0.29, 0.717) is 18.2 Å². The van der Waals surface area contributed by atoms with Gasteiger partial charge in [-0.2, -0.15) is 0 Å². The van der Waals surface area contributed by atoms with Crippen LogP contribution < -0.4 is 22.1 Å². The van der Waals surface area contributed by atoms with Crippen molar-refractivity contribution in [2.45, 2.75) is 28.7 Å². The smallest absolute Gasteiger partial charge is 0.248 e. The molecule has 0 unspecified atom stereocenters. The van der Waals surface area contributed by atoms with Crippen molar-refractivity contribution in [1.82, 2.24) is 4.90 Å². The molecule has 2 aliphatic rings. The Kier molecular flexibility index (Phi) is 6.72. The number of fused-ring (bicyclic) bond motifs is 2. The SMILES string of the molecule is Cl.NCCN1CCC(Nc2cc(C(N)=O)cc3c2Nc2ccccc2S3)CC1. The number of hydrogen-bond donors (Lipinski definition) is 4. The number of halogens is 1. The van der Waals surface area contributed by atoms with Crippen LogP contribution in [0.5, 0.6) is 0 Å². The highest BCUT2D eigenvalue weighted by Gasteiger charge is 2.24. The Labute approximate surface area is 175 Å². The number of nitrogens with one attached hydrogen (secondary N) is 2. The zero-order valence-corrected chi connectivity index (χ0v) is 17.2. The second-order valence-corrected chi connectivity index (χ2v) is 8.12. The number of piperidine rings is 1. The number of benzene rings is 2. The molecule has 1 amide bonds. The quantitative estimate of drug-likeness (QED) is 0.507. The molecule has 2 aromatic carbocycles. The van der Waals surface area contributed by atoms with Crippen molar-refractivity contribution in [3.05, 3.63) is 42.0 Å². The van der Waals surface area contributed by atoms with Crippen LogP contribution in [0.3, 0.4) is 0 Å². The zero-order valence-electron chi connectivity index (χ0n) is 15.6. The fourth-order valence-corrected chi connectivity index (χ4v) is 4.76. The van der Waals surface area contributed by atoms with Crippen molar-refractivity contribution < 1.29 is 4.79 Å². The summed E-state index contributed by atoms with van der Waals surface area (Å²) in [5.74, 6) is -0.405. The molecule has 0 radical (unpaired) electrons. The maximum Gasteiger partial charge on any atom is 0.248 e. The summed E-state index contributed by atoms with van der Waals surface area (Å²) in [6, 6.07) is 12.3. The number of rotatable bonds is 5. The molecule has 4 rings (SSSR count). The Morgan fingerprint density at radius 1 is 1.21 bits per heavy atom. The van der Waals surface area contributed by atoms with Gasteiger partial charge in [0, 0.05) is 47.6 Å². The summed E-state index contributed by atoms with van der Waals surface area (Å²) in [6.07, 6.45) is 2.11. The van der Waals surface area contributed by atoms with E-state index in [1.807, 2.05) is 24.3 Å². The van der Waals surface area contributed by atoms with E-state index in [2.05, 4.69) is 27.7 Å². The number of nitrogens with two attached hydrogens (primary N) is 2. The number of para-hydroxylation sites is 1. The number of carbonyl (C=O) groups excluding carboxylic acids is 1. The summed E-state index contributed by atoms with van der Waals surface area (Å²) in [5, 5.41) is 7.19. The van der Waals surface area contributed by atoms with Crippen molar-refractivity contribution in [3.63, 3.8) is 0 Å². The van der Waals surface area contributed by atoms with Crippen LogP contribution in [0.15, 0.2) is 46.2 Å². The predicted molar refractivity (Wildman–Crippen MR) is 118 cm³/mol. The van der Waals surface area contributed by atoms with Gasteiger partial charge in [-0.25, -0.2) is 0 Å². The van der Waals surface area contributed by atoms with Crippen LogP contribution >= 0.6 is 24.2 Å². The standard InChI is InChI=1S/C20H25N5OS.ClH/c21-7-10-25-8-5-14(6-9-25)23-16-11-13(20(22)26)12-18-19(16)24-15-3-1-2-4-17(15)27-18;/h1-4,11-12,14,23-24H,5-10,21H2,(H2,22,26);1H. The van der Waals surface area contributed by atoms with E-state index >= 15 is 0 Å². The van der Waals surface area contributed by atoms with E-state index in [4.69, 9.17) is 11.5 Å². The molecule has 2 aromatic rings. The van der Waals surface area contributed by atoms with Crippen LogP contribution in [0, 0.1) is 0 Å². The largest absolute Gasteiger partial charge is 0.380 e. The number of likely N-dealkylation sites (tertiary alicyclic amines) is 1. The lowest BCUT2D eigenvalue weighted by Crippen LogP contribution is -2.41. The number of carbonyl (C=O) groups is 1. The minimum absolute atomic E-state index is 0. The molecule has 0 atom stereocenters. The second-order valence-electron chi connectivity index (χ2n) is 7.03. The molecule has 0 bridgehead atoms. The lowest BCUT2D eigenvalue weighted by Gasteiger charge is -2.33. The van der Waals surface area contributed by atoms with Crippen molar-refractivity contribution in [3.8, 4) is 0 Å². The third-order valence-electron chi connectivity index (χ3n) is 5.15. The van der Waals surface area contributed by atoms with Crippen molar-refractivity contribution in [2.24, 2.45) is 11.5 Å². The molecule has 2 aliphatic heterocycles. The molecule has 6 N–H and O–H groups in total. The van der Waals surface area contributed by atoms with Gasteiger partial charge in [-0.15, -0.1) is 12.4 Å². The van der Waals surface area contributed by atoms with Gasteiger partial charge >= 0.3 is 0 Å². The maximum absolute atomic E-state index is 11.8. The van der Waals surface area contributed by atoms with Gasteiger partial charge in [-0.3, -0.25) is 4.79 Å². The first-order chi connectivity index (χ1) is 13.1.